The van der Waals surface area contributed by atoms with Gasteiger partial charge in [0.05, 0.1) is 42.0 Å². The van der Waals surface area contributed by atoms with Gasteiger partial charge in [-0.15, -0.1) is 0 Å². The number of piperidine rings is 1. The standard InChI is InChI=1S/C24H26F3N5O/c1-14-6-16(28)12-32(11-14)22-4-5-29-10-21(22)30-9-17-2-3-18(25)24(31-17)23-19(26)7-15(13-33)8-20(23)27/h2-5,7-8,10,14,16,30,33H,6,9,11-13,28H2,1H3. The number of nitrogens with two attached hydrogens (primary N) is 1. The molecule has 0 amide bonds. The molecule has 174 valence electrons. The highest BCUT2D eigenvalue weighted by atomic mass is 19.1. The molecule has 0 spiro atoms. The van der Waals surface area contributed by atoms with Crippen molar-refractivity contribution in [3.05, 3.63) is 71.4 Å². The highest BCUT2D eigenvalue weighted by Crippen LogP contribution is 2.31. The van der Waals surface area contributed by atoms with Crippen molar-refractivity contribution >= 4 is 11.4 Å². The zero-order valence-corrected chi connectivity index (χ0v) is 18.2. The van der Waals surface area contributed by atoms with Crippen molar-refractivity contribution in [3.8, 4) is 11.3 Å². The highest BCUT2D eigenvalue weighted by Gasteiger charge is 2.24. The van der Waals surface area contributed by atoms with Crippen LogP contribution < -0.4 is 16.0 Å². The van der Waals surface area contributed by atoms with Crippen LogP contribution in [0.3, 0.4) is 0 Å². The number of rotatable bonds is 6. The average Bonchev–Trinajstić information content (AvgIpc) is 2.78. The van der Waals surface area contributed by atoms with Crippen LogP contribution in [0.25, 0.3) is 11.3 Å². The molecule has 33 heavy (non-hydrogen) atoms. The molecule has 6 nitrogen and oxygen atoms in total. The van der Waals surface area contributed by atoms with E-state index in [1.54, 1.807) is 12.4 Å². The van der Waals surface area contributed by atoms with Crippen LogP contribution in [0.4, 0.5) is 24.5 Å². The Hall–Kier alpha value is -3.17. The predicted molar refractivity (Wildman–Crippen MR) is 121 cm³/mol. The largest absolute Gasteiger partial charge is 0.392 e. The van der Waals surface area contributed by atoms with Crippen LogP contribution in [-0.4, -0.2) is 34.2 Å². The molecule has 4 N–H and O–H groups in total. The summed E-state index contributed by atoms with van der Waals surface area (Å²) >= 11 is 0. The zero-order chi connectivity index (χ0) is 23.5. The smallest absolute Gasteiger partial charge is 0.149 e. The number of anilines is 2. The van der Waals surface area contributed by atoms with Crippen molar-refractivity contribution in [1.82, 2.24) is 9.97 Å². The van der Waals surface area contributed by atoms with Gasteiger partial charge in [-0.2, -0.15) is 0 Å². The Kier molecular flexibility index (Phi) is 6.80. The molecule has 0 saturated carbocycles. The first-order valence-corrected chi connectivity index (χ1v) is 10.8. The van der Waals surface area contributed by atoms with E-state index in [0.29, 0.717) is 11.6 Å². The van der Waals surface area contributed by atoms with Gasteiger partial charge in [-0.3, -0.25) is 4.98 Å². The molecule has 3 heterocycles. The number of benzene rings is 1. The maximum Gasteiger partial charge on any atom is 0.149 e. The van der Waals surface area contributed by atoms with Gasteiger partial charge in [0.2, 0.25) is 0 Å². The number of nitrogens with zero attached hydrogens (tertiary/aromatic N) is 3. The fraction of sp³-hybridized carbons (Fsp3) is 0.333. The van der Waals surface area contributed by atoms with E-state index in [-0.39, 0.29) is 18.2 Å². The number of nitrogens with one attached hydrogen (secondary N) is 1. The molecule has 2 atom stereocenters. The van der Waals surface area contributed by atoms with Crippen LogP contribution in [-0.2, 0) is 13.2 Å². The molecular formula is C24H26F3N5O. The fourth-order valence-corrected chi connectivity index (χ4v) is 4.28. The van der Waals surface area contributed by atoms with Gasteiger partial charge in [0.15, 0.2) is 0 Å². The van der Waals surface area contributed by atoms with Gasteiger partial charge in [0, 0.05) is 25.3 Å². The molecule has 0 bridgehead atoms. The van der Waals surface area contributed by atoms with Gasteiger partial charge in [-0.25, -0.2) is 18.2 Å². The van der Waals surface area contributed by atoms with E-state index in [4.69, 9.17) is 10.8 Å². The molecule has 1 saturated heterocycles. The number of aliphatic hydroxyl groups is 1. The summed E-state index contributed by atoms with van der Waals surface area (Å²) in [4.78, 5) is 10.6. The number of hydrogen-bond acceptors (Lipinski definition) is 6. The molecule has 0 radical (unpaired) electrons. The van der Waals surface area contributed by atoms with Crippen molar-refractivity contribution < 1.29 is 18.3 Å². The number of hydrogen-bond donors (Lipinski definition) is 3. The van der Waals surface area contributed by atoms with Crippen LogP contribution in [0.2, 0.25) is 0 Å². The lowest BCUT2D eigenvalue weighted by Crippen LogP contribution is -2.46. The van der Waals surface area contributed by atoms with Crippen LogP contribution >= 0.6 is 0 Å². The summed E-state index contributed by atoms with van der Waals surface area (Å²) in [5.41, 5.74) is 7.38. The van der Waals surface area contributed by atoms with Crippen molar-refractivity contribution in [2.24, 2.45) is 11.7 Å². The molecule has 1 aromatic carbocycles. The van der Waals surface area contributed by atoms with E-state index in [1.807, 2.05) is 6.07 Å². The normalized spacial score (nSPS) is 18.4. The second-order valence-electron chi connectivity index (χ2n) is 8.48. The van der Waals surface area contributed by atoms with E-state index in [1.165, 1.54) is 6.07 Å². The lowest BCUT2D eigenvalue weighted by Gasteiger charge is -2.37. The van der Waals surface area contributed by atoms with E-state index in [0.717, 1.165) is 49.1 Å². The first kappa shape index (κ1) is 23.0. The van der Waals surface area contributed by atoms with Crippen molar-refractivity contribution in [1.29, 1.82) is 0 Å². The predicted octanol–water partition coefficient (Wildman–Crippen LogP) is 3.84. The van der Waals surface area contributed by atoms with Gasteiger partial charge in [-0.05, 0) is 48.2 Å². The summed E-state index contributed by atoms with van der Waals surface area (Å²) < 4.78 is 43.4. The molecule has 4 rings (SSSR count). The quantitative estimate of drug-likeness (QED) is 0.522. The second-order valence-corrected chi connectivity index (χ2v) is 8.48. The van der Waals surface area contributed by atoms with E-state index < -0.39 is 35.3 Å². The van der Waals surface area contributed by atoms with Crippen molar-refractivity contribution in [2.75, 3.05) is 23.3 Å². The number of aliphatic hydroxyl groups excluding tert-OH is 1. The molecule has 2 unspecified atom stereocenters. The van der Waals surface area contributed by atoms with Gasteiger partial charge in [-0.1, -0.05) is 6.92 Å². The molecule has 2 aromatic heterocycles. The van der Waals surface area contributed by atoms with Crippen molar-refractivity contribution in [3.63, 3.8) is 0 Å². The van der Waals surface area contributed by atoms with E-state index >= 15 is 0 Å². The topological polar surface area (TPSA) is 87.3 Å². The Morgan fingerprint density at radius 1 is 1.12 bits per heavy atom. The maximum absolute atomic E-state index is 14.5. The summed E-state index contributed by atoms with van der Waals surface area (Å²) in [7, 11) is 0. The summed E-state index contributed by atoms with van der Waals surface area (Å²) in [5, 5.41) is 12.4. The lowest BCUT2D eigenvalue weighted by atomic mass is 9.96. The Balaban J connectivity index is 1.58. The first-order valence-electron chi connectivity index (χ1n) is 10.8. The van der Waals surface area contributed by atoms with Gasteiger partial charge < -0.3 is 21.1 Å². The minimum absolute atomic E-state index is 0.0582. The summed E-state index contributed by atoms with van der Waals surface area (Å²) in [6.45, 7) is 3.43. The summed E-state index contributed by atoms with van der Waals surface area (Å²) in [5.74, 6) is -2.36. The number of aromatic nitrogens is 2. The third-order valence-corrected chi connectivity index (χ3v) is 5.72. The minimum atomic E-state index is -0.985. The highest BCUT2D eigenvalue weighted by molar-refractivity contribution is 5.69. The Morgan fingerprint density at radius 2 is 1.88 bits per heavy atom. The first-order chi connectivity index (χ1) is 15.9. The SMILES string of the molecule is CC1CC(N)CN(c2ccncc2NCc2ccc(F)c(-c3c(F)cc(CO)cc3F)n2)C1. The Morgan fingerprint density at radius 3 is 2.58 bits per heavy atom. The van der Waals surface area contributed by atoms with E-state index in [9.17, 15) is 13.2 Å². The summed E-state index contributed by atoms with van der Waals surface area (Å²) in [6, 6.07) is 6.52. The van der Waals surface area contributed by atoms with Crippen molar-refractivity contribution in [2.45, 2.75) is 32.5 Å². The number of halogens is 3. The van der Waals surface area contributed by atoms with Gasteiger partial charge in [0.1, 0.15) is 23.1 Å². The van der Waals surface area contributed by atoms with E-state index in [2.05, 4.69) is 27.1 Å². The zero-order valence-electron chi connectivity index (χ0n) is 18.2. The molecule has 1 aliphatic rings. The Labute approximate surface area is 190 Å². The molecule has 9 heteroatoms. The van der Waals surface area contributed by atoms with Crippen LogP contribution in [0.5, 0.6) is 0 Å². The average molecular weight is 458 g/mol. The lowest BCUT2D eigenvalue weighted by molar-refractivity contribution is 0.280. The van der Waals surface area contributed by atoms with Gasteiger partial charge >= 0.3 is 0 Å². The molecule has 3 aromatic rings. The summed E-state index contributed by atoms with van der Waals surface area (Å²) in [6.07, 6.45) is 4.37. The molecule has 1 fully saturated rings. The third-order valence-electron chi connectivity index (χ3n) is 5.72. The monoisotopic (exact) mass is 457 g/mol. The molecule has 1 aliphatic heterocycles. The van der Waals surface area contributed by atoms with Gasteiger partial charge in [0.25, 0.3) is 0 Å². The fourth-order valence-electron chi connectivity index (χ4n) is 4.28. The Bertz CT molecular complexity index is 1110. The van der Waals surface area contributed by atoms with Crippen LogP contribution in [0, 0.1) is 23.4 Å². The number of pyridine rings is 2. The maximum atomic E-state index is 14.5. The van der Waals surface area contributed by atoms with Crippen LogP contribution in [0.1, 0.15) is 24.6 Å². The molecule has 0 aliphatic carbocycles. The third kappa shape index (κ3) is 5.09. The minimum Gasteiger partial charge on any atom is -0.392 e. The van der Waals surface area contributed by atoms with Crippen LogP contribution in [0.15, 0.2) is 42.7 Å². The molecular weight excluding hydrogens is 431 g/mol. The second kappa shape index (κ2) is 9.76.